The third-order valence-electron chi connectivity index (χ3n) is 4.39. The van der Waals surface area contributed by atoms with Crippen molar-refractivity contribution in [3.63, 3.8) is 0 Å². The van der Waals surface area contributed by atoms with Crippen LogP contribution >= 0.6 is 0 Å². The van der Waals surface area contributed by atoms with Crippen molar-refractivity contribution in [1.29, 1.82) is 0 Å². The van der Waals surface area contributed by atoms with Gasteiger partial charge in [-0.25, -0.2) is 18.1 Å². The summed E-state index contributed by atoms with van der Waals surface area (Å²) in [6.45, 7) is 4.73. The molecule has 0 spiro atoms. The predicted molar refractivity (Wildman–Crippen MR) is 107 cm³/mol. The molecule has 2 heterocycles. The van der Waals surface area contributed by atoms with E-state index in [2.05, 4.69) is 9.82 Å². The van der Waals surface area contributed by atoms with Gasteiger partial charge >= 0.3 is 0 Å². The van der Waals surface area contributed by atoms with Gasteiger partial charge < -0.3 is 0 Å². The highest BCUT2D eigenvalue weighted by atomic mass is 32.2. The van der Waals surface area contributed by atoms with E-state index in [0.29, 0.717) is 23.4 Å². The molecular weight excluding hydrogens is 360 g/mol. The molecule has 0 atom stereocenters. The topological polar surface area (TPSA) is 76.9 Å². The lowest BCUT2D eigenvalue weighted by molar-refractivity contribution is 0.599. The summed E-state index contributed by atoms with van der Waals surface area (Å²) >= 11 is 0. The van der Waals surface area contributed by atoms with Gasteiger partial charge in [-0.15, -0.1) is 0 Å². The summed E-state index contributed by atoms with van der Waals surface area (Å²) in [5.74, 6) is 0.303. The van der Waals surface area contributed by atoms with Gasteiger partial charge in [0, 0.05) is 11.9 Å². The van der Waals surface area contributed by atoms with Gasteiger partial charge in [0.2, 0.25) is 0 Å². The molecule has 0 unspecified atom stereocenters. The standard InChI is InChI=1S/C20H20N4O2S/c1-3-11-24-20-17(13-15-10-9-14(2)12-18(15)21-20)19(22-24)23-27(25,26)16-7-5-4-6-8-16/h4-10,12-13H,3,11H2,1-2H3,(H,22,23). The van der Waals surface area contributed by atoms with Crippen LogP contribution in [-0.4, -0.2) is 23.2 Å². The Morgan fingerprint density at radius 2 is 1.85 bits per heavy atom. The third-order valence-corrected chi connectivity index (χ3v) is 5.75. The molecule has 0 aliphatic carbocycles. The van der Waals surface area contributed by atoms with Gasteiger partial charge in [-0.05, 0) is 43.2 Å². The van der Waals surface area contributed by atoms with Crippen LogP contribution in [0.5, 0.6) is 0 Å². The molecule has 0 fully saturated rings. The number of nitrogens with one attached hydrogen (secondary N) is 1. The molecule has 2 aromatic carbocycles. The molecule has 0 saturated heterocycles. The summed E-state index contributed by atoms with van der Waals surface area (Å²) in [6.07, 6.45) is 0.870. The second-order valence-corrected chi connectivity index (χ2v) is 8.23. The molecule has 4 aromatic rings. The summed E-state index contributed by atoms with van der Waals surface area (Å²) < 4.78 is 29.9. The minimum absolute atomic E-state index is 0.201. The fourth-order valence-electron chi connectivity index (χ4n) is 3.09. The molecule has 0 bridgehead atoms. The second kappa shape index (κ2) is 6.66. The highest BCUT2D eigenvalue weighted by Crippen LogP contribution is 2.28. The van der Waals surface area contributed by atoms with Gasteiger partial charge in [0.05, 0.1) is 15.8 Å². The van der Waals surface area contributed by atoms with E-state index in [4.69, 9.17) is 4.98 Å². The number of nitrogens with zero attached hydrogens (tertiary/aromatic N) is 3. The van der Waals surface area contributed by atoms with E-state index in [9.17, 15) is 8.42 Å². The zero-order chi connectivity index (χ0) is 19.0. The first kappa shape index (κ1) is 17.5. The number of sulfonamides is 1. The number of benzene rings is 2. The fourth-order valence-corrected chi connectivity index (χ4v) is 4.13. The maximum atomic E-state index is 12.7. The maximum Gasteiger partial charge on any atom is 0.263 e. The van der Waals surface area contributed by atoms with Crippen molar-refractivity contribution < 1.29 is 8.42 Å². The highest BCUT2D eigenvalue weighted by Gasteiger charge is 2.20. The molecule has 0 radical (unpaired) electrons. The average Bonchev–Trinajstić information content (AvgIpc) is 2.97. The smallest absolute Gasteiger partial charge is 0.261 e. The summed E-state index contributed by atoms with van der Waals surface area (Å²) in [5.41, 5.74) is 2.68. The van der Waals surface area contributed by atoms with Crippen molar-refractivity contribution in [3.8, 4) is 0 Å². The first-order valence-corrected chi connectivity index (χ1v) is 10.3. The van der Waals surface area contributed by atoms with E-state index >= 15 is 0 Å². The number of fused-ring (bicyclic) bond motifs is 2. The Kier molecular flexibility index (Phi) is 4.31. The Labute approximate surface area is 157 Å². The Bertz CT molecular complexity index is 1230. The maximum absolute atomic E-state index is 12.7. The first-order valence-electron chi connectivity index (χ1n) is 8.84. The van der Waals surface area contributed by atoms with E-state index in [1.54, 1.807) is 35.0 Å². The van der Waals surface area contributed by atoms with Crippen molar-refractivity contribution in [1.82, 2.24) is 14.8 Å². The highest BCUT2D eigenvalue weighted by molar-refractivity contribution is 7.92. The number of pyridine rings is 1. The lowest BCUT2D eigenvalue weighted by Gasteiger charge is -2.06. The van der Waals surface area contributed by atoms with Gasteiger partial charge in [0.1, 0.15) is 0 Å². The number of aromatic nitrogens is 3. The Hall–Kier alpha value is -2.93. The van der Waals surface area contributed by atoms with Crippen LogP contribution in [0.3, 0.4) is 0 Å². The lowest BCUT2D eigenvalue weighted by atomic mass is 10.1. The predicted octanol–water partition coefficient (Wildman–Crippen LogP) is 4.10. The first-order chi connectivity index (χ1) is 13.0. The Balaban J connectivity index is 1.88. The monoisotopic (exact) mass is 380 g/mol. The second-order valence-electron chi connectivity index (χ2n) is 6.55. The largest absolute Gasteiger partial charge is 0.263 e. The molecule has 4 rings (SSSR count). The normalized spacial score (nSPS) is 11.9. The van der Waals surface area contributed by atoms with Gasteiger partial charge in [-0.2, -0.15) is 5.10 Å². The molecule has 0 aliphatic heterocycles. The van der Waals surface area contributed by atoms with Crippen LogP contribution in [0.15, 0.2) is 59.5 Å². The van der Waals surface area contributed by atoms with Gasteiger partial charge in [-0.1, -0.05) is 37.3 Å². The van der Waals surface area contributed by atoms with Crippen molar-refractivity contribution in [2.45, 2.75) is 31.7 Å². The Morgan fingerprint density at radius 1 is 1.07 bits per heavy atom. The molecule has 0 aliphatic rings. The number of hydrogen-bond donors (Lipinski definition) is 1. The summed E-state index contributed by atoms with van der Waals surface area (Å²) in [7, 11) is -3.72. The van der Waals surface area contributed by atoms with E-state index < -0.39 is 10.0 Å². The molecule has 138 valence electrons. The Morgan fingerprint density at radius 3 is 2.59 bits per heavy atom. The molecule has 27 heavy (non-hydrogen) atoms. The lowest BCUT2D eigenvalue weighted by Crippen LogP contribution is -2.13. The average molecular weight is 380 g/mol. The SMILES string of the molecule is CCCn1nc(NS(=O)(=O)c2ccccc2)c2cc3ccc(C)cc3nc21. The molecule has 1 N–H and O–H groups in total. The van der Waals surface area contributed by atoms with Crippen LogP contribution in [0.2, 0.25) is 0 Å². The fraction of sp³-hybridized carbons (Fsp3) is 0.200. The van der Waals surface area contributed by atoms with Crippen molar-refractivity contribution in [3.05, 3.63) is 60.2 Å². The van der Waals surface area contributed by atoms with E-state index in [1.165, 1.54) is 0 Å². The molecule has 0 saturated carbocycles. The van der Waals surface area contributed by atoms with Crippen LogP contribution < -0.4 is 4.72 Å². The van der Waals surface area contributed by atoms with Gasteiger partial charge in [0.25, 0.3) is 10.0 Å². The molecule has 0 amide bonds. The molecule has 2 aromatic heterocycles. The summed E-state index contributed by atoms with van der Waals surface area (Å²) in [6, 6.07) is 16.3. The van der Waals surface area contributed by atoms with Gasteiger partial charge in [0.15, 0.2) is 11.5 Å². The molecular formula is C20H20N4O2S. The molecule has 7 heteroatoms. The number of rotatable bonds is 5. The number of anilines is 1. The van der Waals surface area contributed by atoms with Gasteiger partial charge in [-0.3, -0.25) is 4.72 Å². The minimum Gasteiger partial charge on any atom is -0.261 e. The van der Waals surface area contributed by atoms with Crippen LogP contribution in [0.25, 0.3) is 21.9 Å². The number of aryl methyl sites for hydroxylation is 2. The van der Waals surface area contributed by atoms with Crippen LogP contribution in [0.4, 0.5) is 5.82 Å². The van der Waals surface area contributed by atoms with E-state index in [0.717, 1.165) is 22.9 Å². The molecule has 6 nitrogen and oxygen atoms in total. The zero-order valence-corrected chi connectivity index (χ0v) is 16.0. The van der Waals surface area contributed by atoms with Crippen molar-refractivity contribution in [2.75, 3.05) is 4.72 Å². The van der Waals surface area contributed by atoms with E-state index in [-0.39, 0.29) is 4.90 Å². The number of hydrogen-bond acceptors (Lipinski definition) is 4. The summed E-state index contributed by atoms with van der Waals surface area (Å²) in [4.78, 5) is 4.95. The van der Waals surface area contributed by atoms with Crippen LogP contribution in [-0.2, 0) is 16.6 Å². The van der Waals surface area contributed by atoms with E-state index in [1.807, 2.05) is 38.1 Å². The van der Waals surface area contributed by atoms with Crippen LogP contribution in [0.1, 0.15) is 18.9 Å². The van der Waals surface area contributed by atoms with Crippen LogP contribution in [0, 0.1) is 6.92 Å². The zero-order valence-electron chi connectivity index (χ0n) is 15.2. The minimum atomic E-state index is -3.72. The van der Waals surface area contributed by atoms with Crippen molar-refractivity contribution in [2.24, 2.45) is 0 Å². The van der Waals surface area contributed by atoms with Crippen molar-refractivity contribution >= 4 is 37.8 Å². The quantitative estimate of drug-likeness (QED) is 0.565. The summed E-state index contributed by atoms with van der Waals surface area (Å²) in [5, 5.41) is 6.14. The third kappa shape index (κ3) is 3.26.